The predicted molar refractivity (Wildman–Crippen MR) is 69.8 cm³/mol. The van der Waals surface area contributed by atoms with Crippen molar-refractivity contribution in [1.29, 1.82) is 0 Å². The molecule has 116 valence electrons. The van der Waals surface area contributed by atoms with Crippen LogP contribution in [0.2, 0.25) is 0 Å². The summed E-state index contributed by atoms with van der Waals surface area (Å²) in [4.78, 5) is 14.7. The Morgan fingerprint density at radius 1 is 1.48 bits per heavy atom. The van der Waals surface area contributed by atoms with Crippen LogP contribution >= 0.6 is 0 Å². The summed E-state index contributed by atoms with van der Waals surface area (Å²) >= 11 is 0. The second-order valence-corrected chi connectivity index (χ2v) is 4.81. The molecule has 1 saturated heterocycles. The van der Waals surface area contributed by atoms with Crippen LogP contribution in [0.25, 0.3) is 0 Å². The molecule has 1 aromatic heterocycles. The normalized spacial score (nSPS) is 18.7. The van der Waals surface area contributed by atoms with Crippen molar-refractivity contribution in [2.24, 2.45) is 5.73 Å². The van der Waals surface area contributed by atoms with Gasteiger partial charge in [0, 0.05) is 13.2 Å². The van der Waals surface area contributed by atoms with Gasteiger partial charge in [0.2, 0.25) is 0 Å². The lowest BCUT2D eigenvalue weighted by Gasteiger charge is -2.14. The van der Waals surface area contributed by atoms with E-state index in [-0.39, 0.29) is 17.5 Å². The third-order valence-corrected chi connectivity index (χ3v) is 3.23. The van der Waals surface area contributed by atoms with Crippen molar-refractivity contribution in [2.45, 2.75) is 31.5 Å². The van der Waals surface area contributed by atoms with Crippen LogP contribution in [0, 0.1) is 0 Å². The van der Waals surface area contributed by atoms with Crippen LogP contribution in [0.15, 0.2) is 12.1 Å². The van der Waals surface area contributed by atoms with Gasteiger partial charge >= 0.3 is 6.18 Å². The lowest BCUT2D eigenvalue weighted by atomic mass is 10.1. The van der Waals surface area contributed by atoms with Gasteiger partial charge in [-0.05, 0) is 31.4 Å². The van der Waals surface area contributed by atoms with Gasteiger partial charge < -0.3 is 15.8 Å². The highest BCUT2D eigenvalue weighted by atomic mass is 19.4. The number of carbonyl (C=O) groups is 1. The molecule has 2 heterocycles. The zero-order valence-corrected chi connectivity index (χ0v) is 11.2. The van der Waals surface area contributed by atoms with E-state index in [1.54, 1.807) is 0 Å². The molecule has 0 aliphatic carbocycles. The standard InChI is InChI=1S/C13H16F3N3O2/c14-13(15,16)10-4-3-9(11(17)20)12(19-10)18-6-5-8-2-1-7-21-8/h3-4,8H,1-2,5-7H2,(H2,17,20)(H,18,19). The lowest BCUT2D eigenvalue weighted by molar-refractivity contribution is -0.141. The Balaban J connectivity index is 2.08. The molecule has 0 saturated carbocycles. The van der Waals surface area contributed by atoms with Crippen LogP contribution in [-0.2, 0) is 10.9 Å². The van der Waals surface area contributed by atoms with Crippen molar-refractivity contribution in [3.63, 3.8) is 0 Å². The molecule has 21 heavy (non-hydrogen) atoms. The quantitative estimate of drug-likeness (QED) is 0.874. The largest absolute Gasteiger partial charge is 0.433 e. The number of primary amides is 1. The molecular weight excluding hydrogens is 287 g/mol. The number of nitrogens with zero attached hydrogens (tertiary/aromatic N) is 1. The number of halogens is 3. The fraction of sp³-hybridized carbons (Fsp3) is 0.538. The maximum atomic E-state index is 12.6. The number of amides is 1. The minimum Gasteiger partial charge on any atom is -0.378 e. The molecule has 2 rings (SSSR count). The van der Waals surface area contributed by atoms with Crippen LogP contribution < -0.4 is 11.1 Å². The first kappa shape index (κ1) is 15.6. The Labute approximate surface area is 119 Å². The second-order valence-electron chi connectivity index (χ2n) is 4.81. The van der Waals surface area contributed by atoms with Gasteiger partial charge in [-0.1, -0.05) is 0 Å². The van der Waals surface area contributed by atoms with Crippen molar-refractivity contribution in [3.05, 3.63) is 23.4 Å². The molecule has 5 nitrogen and oxygen atoms in total. The first-order valence-corrected chi connectivity index (χ1v) is 6.61. The number of aromatic nitrogens is 1. The fourth-order valence-corrected chi connectivity index (χ4v) is 2.17. The summed E-state index contributed by atoms with van der Waals surface area (Å²) in [7, 11) is 0. The fourth-order valence-electron chi connectivity index (χ4n) is 2.17. The lowest BCUT2D eigenvalue weighted by Crippen LogP contribution is -2.20. The molecule has 8 heteroatoms. The first-order chi connectivity index (χ1) is 9.88. The maximum Gasteiger partial charge on any atom is 0.433 e. The number of hydrogen-bond acceptors (Lipinski definition) is 4. The highest BCUT2D eigenvalue weighted by Gasteiger charge is 2.33. The summed E-state index contributed by atoms with van der Waals surface area (Å²) in [5, 5.41) is 2.74. The van der Waals surface area contributed by atoms with E-state index in [2.05, 4.69) is 10.3 Å². The summed E-state index contributed by atoms with van der Waals surface area (Å²) < 4.78 is 43.3. The number of nitrogens with two attached hydrogens (primary N) is 1. The SMILES string of the molecule is NC(=O)c1ccc(C(F)(F)F)nc1NCCC1CCCO1. The third kappa shape index (κ3) is 4.07. The number of ether oxygens (including phenoxy) is 1. The van der Waals surface area contributed by atoms with E-state index in [4.69, 9.17) is 10.5 Å². The Morgan fingerprint density at radius 3 is 2.81 bits per heavy atom. The summed E-state index contributed by atoms with van der Waals surface area (Å²) in [5.74, 6) is -0.967. The predicted octanol–water partition coefficient (Wildman–Crippen LogP) is 2.18. The summed E-state index contributed by atoms with van der Waals surface area (Å²) in [6.45, 7) is 1.07. The van der Waals surface area contributed by atoms with E-state index in [0.29, 0.717) is 19.6 Å². The summed E-state index contributed by atoms with van der Waals surface area (Å²) in [6.07, 6.45) is -1.92. The molecule has 0 aromatic carbocycles. The van der Waals surface area contributed by atoms with Crippen molar-refractivity contribution in [3.8, 4) is 0 Å². The van der Waals surface area contributed by atoms with Gasteiger partial charge in [-0.3, -0.25) is 4.79 Å². The van der Waals surface area contributed by atoms with Crippen molar-refractivity contribution >= 4 is 11.7 Å². The number of nitrogens with one attached hydrogen (secondary N) is 1. The topological polar surface area (TPSA) is 77.2 Å². The first-order valence-electron chi connectivity index (χ1n) is 6.61. The molecule has 1 fully saturated rings. The number of hydrogen-bond donors (Lipinski definition) is 2. The number of anilines is 1. The zero-order valence-electron chi connectivity index (χ0n) is 11.2. The average Bonchev–Trinajstić information content (AvgIpc) is 2.90. The Hall–Kier alpha value is -1.83. The van der Waals surface area contributed by atoms with E-state index in [1.165, 1.54) is 0 Å². The number of pyridine rings is 1. The van der Waals surface area contributed by atoms with Gasteiger partial charge in [0.05, 0.1) is 11.7 Å². The Bertz CT molecular complexity index is 514. The molecule has 1 atom stereocenters. The molecule has 3 N–H and O–H groups in total. The Morgan fingerprint density at radius 2 is 2.24 bits per heavy atom. The highest BCUT2D eigenvalue weighted by Crippen LogP contribution is 2.29. The monoisotopic (exact) mass is 303 g/mol. The van der Waals surface area contributed by atoms with Gasteiger partial charge in [0.15, 0.2) is 0 Å². The molecule has 1 aliphatic rings. The molecule has 0 bridgehead atoms. The molecule has 1 unspecified atom stereocenters. The van der Waals surface area contributed by atoms with Crippen LogP contribution in [0.4, 0.5) is 19.0 Å². The third-order valence-electron chi connectivity index (χ3n) is 3.23. The Kier molecular flexibility index (Phi) is 4.66. The zero-order chi connectivity index (χ0) is 15.5. The van der Waals surface area contributed by atoms with Crippen molar-refractivity contribution in [1.82, 2.24) is 4.98 Å². The maximum absolute atomic E-state index is 12.6. The highest BCUT2D eigenvalue weighted by molar-refractivity contribution is 5.97. The van der Waals surface area contributed by atoms with Crippen LogP contribution in [0.1, 0.15) is 35.3 Å². The van der Waals surface area contributed by atoms with Gasteiger partial charge in [0.25, 0.3) is 5.91 Å². The molecule has 1 amide bonds. The molecule has 1 aliphatic heterocycles. The summed E-state index contributed by atoms with van der Waals surface area (Å²) in [6, 6.07) is 1.78. The van der Waals surface area contributed by atoms with Gasteiger partial charge in [-0.25, -0.2) is 4.98 Å². The molecule has 1 aromatic rings. The van der Waals surface area contributed by atoms with Gasteiger partial charge in [-0.2, -0.15) is 13.2 Å². The van der Waals surface area contributed by atoms with Crippen molar-refractivity contribution < 1.29 is 22.7 Å². The second kappa shape index (κ2) is 6.30. The summed E-state index contributed by atoms with van der Waals surface area (Å²) in [5.41, 5.74) is 4.02. The van der Waals surface area contributed by atoms with E-state index >= 15 is 0 Å². The molecule has 0 spiro atoms. The van der Waals surface area contributed by atoms with Gasteiger partial charge in [0.1, 0.15) is 11.5 Å². The molecular formula is C13H16F3N3O2. The van der Waals surface area contributed by atoms with Crippen molar-refractivity contribution in [2.75, 3.05) is 18.5 Å². The van der Waals surface area contributed by atoms with Crippen LogP contribution in [0.5, 0.6) is 0 Å². The van der Waals surface area contributed by atoms with E-state index in [0.717, 1.165) is 25.0 Å². The van der Waals surface area contributed by atoms with E-state index in [9.17, 15) is 18.0 Å². The van der Waals surface area contributed by atoms with Crippen LogP contribution in [-0.4, -0.2) is 30.1 Å². The number of alkyl halides is 3. The minimum absolute atomic E-state index is 0.0599. The minimum atomic E-state index is -4.57. The average molecular weight is 303 g/mol. The van der Waals surface area contributed by atoms with Gasteiger partial charge in [-0.15, -0.1) is 0 Å². The number of rotatable bonds is 5. The van der Waals surface area contributed by atoms with E-state index in [1.807, 2.05) is 0 Å². The van der Waals surface area contributed by atoms with Crippen LogP contribution in [0.3, 0.4) is 0 Å². The number of carbonyl (C=O) groups excluding carboxylic acids is 1. The van der Waals surface area contributed by atoms with E-state index < -0.39 is 17.8 Å². The molecule has 0 radical (unpaired) electrons. The smallest absolute Gasteiger partial charge is 0.378 e.